The third kappa shape index (κ3) is 4.40. The average Bonchev–Trinajstić information content (AvgIpc) is 2.62. The zero-order valence-electron chi connectivity index (χ0n) is 16.5. The SMILES string of the molecule is CC(C)(C)OC(=O)N(Cc1ccccc1)CC12CCC(CO)(CC1)CC2. The Kier molecular flexibility index (Phi) is 5.34. The maximum Gasteiger partial charge on any atom is 0.410 e. The van der Waals surface area contributed by atoms with E-state index in [0.29, 0.717) is 13.2 Å². The Morgan fingerprint density at radius 1 is 1.04 bits per heavy atom. The van der Waals surface area contributed by atoms with Gasteiger partial charge in [-0.3, -0.25) is 0 Å². The second kappa shape index (κ2) is 7.22. The third-order valence-corrected chi connectivity index (χ3v) is 6.29. The molecule has 3 fully saturated rings. The first-order chi connectivity index (χ1) is 12.2. The van der Waals surface area contributed by atoms with Gasteiger partial charge in [-0.25, -0.2) is 4.79 Å². The molecule has 26 heavy (non-hydrogen) atoms. The molecule has 4 rings (SSSR count). The number of rotatable bonds is 5. The Morgan fingerprint density at radius 3 is 2.08 bits per heavy atom. The molecule has 0 unspecified atom stereocenters. The van der Waals surface area contributed by atoms with E-state index >= 15 is 0 Å². The largest absolute Gasteiger partial charge is 0.444 e. The summed E-state index contributed by atoms with van der Waals surface area (Å²) in [5.74, 6) is 0. The first-order valence-electron chi connectivity index (χ1n) is 9.88. The minimum atomic E-state index is -0.491. The topological polar surface area (TPSA) is 49.8 Å². The molecular formula is C22H33NO3. The van der Waals surface area contributed by atoms with E-state index < -0.39 is 5.60 Å². The van der Waals surface area contributed by atoms with Gasteiger partial charge >= 0.3 is 6.09 Å². The normalized spacial score (nSPS) is 28.0. The number of amides is 1. The monoisotopic (exact) mass is 359 g/mol. The Balaban J connectivity index is 1.74. The number of ether oxygens (including phenoxy) is 1. The van der Waals surface area contributed by atoms with E-state index in [1.165, 1.54) is 0 Å². The molecule has 3 aliphatic rings. The van der Waals surface area contributed by atoms with Crippen molar-refractivity contribution in [2.24, 2.45) is 10.8 Å². The Labute approximate surface area is 157 Å². The van der Waals surface area contributed by atoms with Gasteiger partial charge in [-0.15, -0.1) is 0 Å². The molecule has 3 saturated carbocycles. The lowest BCUT2D eigenvalue weighted by Gasteiger charge is -2.54. The van der Waals surface area contributed by atoms with E-state index in [1.54, 1.807) is 0 Å². The standard InChI is InChI=1S/C22H33NO3/c1-20(2,3)26-19(25)23(15-18-7-5-4-6-8-18)16-21-9-12-22(17-24,13-10-21)14-11-21/h4-8,24H,9-17H2,1-3H3. The third-order valence-electron chi connectivity index (χ3n) is 6.29. The molecule has 1 aromatic carbocycles. The summed E-state index contributed by atoms with van der Waals surface area (Å²) in [6.07, 6.45) is 6.32. The van der Waals surface area contributed by atoms with Crippen LogP contribution in [0.1, 0.15) is 64.9 Å². The number of hydrogen-bond donors (Lipinski definition) is 1. The van der Waals surface area contributed by atoms with Crippen LogP contribution in [0.5, 0.6) is 0 Å². The number of aliphatic hydroxyl groups excluding tert-OH is 1. The first-order valence-corrected chi connectivity index (χ1v) is 9.88. The predicted molar refractivity (Wildman–Crippen MR) is 103 cm³/mol. The Hall–Kier alpha value is -1.55. The van der Waals surface area contributed by atoms with Gasteiger partial charge in [0, 0.05) is 19.7 Å². The molecule has 0 spiro atoms. The average molecular weight is 360 g/mol. The lowest BCUT2D eigenvalue weighted by atomic mass is 9.54. The van der Waals surface area contributed by atoms with Crippen molar-refractivity contribution in [3.63, 3.8) is 0 Å². The summed E-state index contributed by atoms with van der Waals surface area (Å²) >= 11 is 0. The van der Waals surface area contributed by atoms with Crippen LogP contribution in [0.2, 0.25) is 0 Å². The predicted octanol–water partition coefficient (Wildman–Crippen LogP) is 4.76. The van der Waals surface area contributed by atoms with E-state index in [-0.39, 0.29) is 16.9 Å². The van der Waals surface area contributed by atoms with Crippen molar-refractivity contribution in [3.05, 3.63) is 35.9 Å². The van der Waals surface area contributed by atoms with Crippen LogP contribution in [0.25, 0.3) is 0 Å². The van der Waals surface area contributed by atoms with Gasteiger partial charge in [-0.2, -0.15) is 0 Å². The van der Waals surface area contributed by atoms with Gasteiger partial charge in [0.25, 0.3) is 0 Å². The van der Waals surface area contributed by atoms with Crippen LogP contribution in [0.15, 0.2) is 30.3 Å². The van der Waals surface area contributed by atoms with Gasteiger partial charge in [0.15, 0.2) is 0 Å². The van der Waals surface area contributed by atoms with Crippen LogP contribution in [-0.4, -0.2) is 34.9 Å². The molecule has 0 atom stereocenters. The number of aliphatic hydroxyl groups is 1. The van der Waals surface area contributed by atoms with Crippen LogP contribution in [0.4, 0.5) is 4.79 Å². The van der Waals surface area contributed by atoms with Gasteiger partial charge in [-0.1, -0.05) is 30.3 Å². The lowest BCUT2D eigenvalue weighted by molar-refractivity contribution is -0.0602. The molecule has 3 aliphatic carbocycles. The summed E-state index contributed by atoms with van der Waals surface area (Å²) in [5.41, 5.74) is 0.973. The van der Waals surface area contributed by atoms with Gasteiger partial charge in [0.05, 0.1) is 0 Å². The molecule has 2 bridgehead atoms. The maximum atomic E-state index is 12.9. The van der Waals surface area contributed by atoms with Gasteiger partial charge in [-0.05, 0) is 75.7 Å². The van der Waals surface area contributed by atoms with Crippen LogP contribution >= 0.6 is 0 Å². The van der Waals surface area contributed by atoms with Crippen molar-refractivity contribution in [3.8, 4) is 0 Å². The molecule has 144 valence electrons. The minimum absolute atomic E-state index is 0.151. The molecule has 4 heteroatoms. The molecule has 0 saturated heterocycles. The van der Waals surface area contributed by atoms with E-state index in [2.05, 4.69) is 12.1 Å². The van der Waals surface area contributed by atoms with Crippen molar-refractivity contribution in [1.82, 2.24) is 4.90 Å². The quantitative estimate of drug-likeness (QED) is 0.825. The highest BCUT2D eigenvalue weighted by atomic mass is 16.6. The smallest absolute Gasteiger partial charge is 0.410 e. The number of carbonyl (C=O) groups excluding carboxylic acids is 1. The summed E-state index contributed by atoms with van der Waals surface area (Å²) in [6, 6.07) is 10.1. The Morgan fingerprint density at radius 2 is 1.58 bits per heavy atom. The summed E-state index contributed by atoms with van der Waals surface area (Å²) in [5, 5.41) is 9.76. The van der Waals surface area contributed by atoms with Gasteiger partial charge < -0.3 is 14.7 Å². The van der Waals surface area contributed by atoms with Gasteiger partial charge in [0.1, 0.15) is 5.60 Å². The van der Waals surface area contributed by atoms with Crippen LogP contribution < -0.4 is 0 Å². The lowest BCUT2D eigenvalue weighted by Crippen LogP contribution is -2.50. The first kappa shape index (κ1) is 19.2. The van der Waals surface area contributed by atoms with Crippen LogP contribution in [0, 0.1) is 10.8 Å². The highest BCUT2D eigenvalue weighted by Crippen LogP contribution is 2.56. The molecule has 1 amide bonds. The number of benzene rings is 1. The van der Waals surface area contributed by atoms with E-state index in [1.807, 2.05) is 43.9 Å². The highest BCUT2D eigenvalue weighted by Gasteiger charge is 2.49. The second-order valence-electron chi connectivity index (χ2n) is 9.48. The molecule has 0 aliphatic heterocycles. The van der Waals surface area contributed by atoms with Gasteiger partial charge in [0.2, 0.25) is 0 Å². The maximum absolute atomic E-state index is 12.9. The number of hydrogen-bond acceptors (Lipinski definition) is 3. The molecular weight excluding hydrogens is 326 g/mol. The minimum Gasteiger partial charge on any atom is -0.444 e. The number of carbonyl (C=O) groups is 1. The zero-order chi connectivity index (χ0) is 18.8. The van der Waals surface area contributed by atoms with Crippen LogP contribution in [0.3, 0.4) is 0 Å². The Bertz CT molecular complexity index is 595. The van der Waals surface area contributed by atoms with Crippen molar-refractivity contribution in [2.75, 3.05) is 13.2 Å². The van der Waals surface area contributed by atoms with E-state index in [4.69, 9.17) is 4.74 Å². The molecule has 0 heterocycles. The molecule has 4 nitrogen and oxygen atoms in total. The molecule has 1 aromatic rings. The van der Waals surface area contributed by atoms with E-state index in [9.17, 15) is 9.90 Å². The summed E-state index contributed by atoms with van der Waals surface area (Å²) < 4.78 is 5.70. The van der Waals surface area contributed by atoms with Crippen molar-refractivity contribution in [2.45, 2.75) is 71.4 Å². The zero-order valence-corrected chi connectivity index (χ0v) is 16.5. The summed E-state index contributed by atoms with van der Waals surface area (Å²) in [7, 11) is 0. The van der Waals surface area contributed by atoms with Crippen molar-refractivity contribution >= 4 is 6.09 Å². The number of fused-ring (bicyclic) bond motifs is 3. The van der Waals surface area contributed by atoms with Crippen molar-refractivity contribution < 1.29 is 14.6 Å². The highest BCUT2D eigenvalue weighted by molar-refractivity contribution is 5.68. The van der Waals surface area contributed by atoms with Crippen LogP contribution in [-0.2, 0) is 11.3 Å². The molecule has 0 radical (unpaired) electrons. The fourth-order valence-corrected chi connectivity index (χ4v) is 4.54. The summed E-state index contributed by atoms with van der Waals surface area (Å²) in [4.78, 5) is 14.8. The molecule has 1 N–H and O–H groups in total. The molecule has 0 aromatic heterocycles. The second-order valence-corrected chi connectivity index (χ2v) is 9.48. The fraction of sp³-hybridized carbons (Fsp3) is 0.682. The summed E-state index contributed by atoms with van der Waals surface area (Å²) in [6.45, 7) is 7.39. The van der Waals surface area contributed by atoms with Crippen molar-refractivity contribution in [1.29, 1.82) is 0 Å². The number of nitrogens with zero attached hydrogens (tertiary/aromatic N) is 1. The van der Waals surface area contributed by atoms with E-state index in [0.717, 1.165) is 50.6 Å². The fourth-order valence-electron chi connectivity index (χ4n) is 4.54.